The molecule has 1 aromatic rings. The minimum atomic E-state index is 0.132. The van der Waals surface area contributed by atoms with Crippen molar-refractivity contribution in [2.45, 2.75) is 32.4 Å². The third-order valence-electron chi connectivity index (χ3n) is 3.71. The van der Waals surface area contributed by atoms with E-state index in [9.17, 15) is 4.79 Å². The van der Waals surface area contributed by atoms with Gasteiger partial charge in [-0.2, -0.15) is 0 Å². The van der Waals surface area contributed by atoms with E-state index in [0.717, 1.165) is 31.6 Å². The molecule has 0 radical (unpaired) electrons. The third kappa shape index (κ3) is 4.32. The minimum Gasteiger partial charge on any atom is -0.326 e. The van der Waals surface area contributed by atoms with Crippen LogP contribution in [0.2, 0.25) is 0 Å². The van der Waals surface area contributed by atoms with Crippen LogP contribution in [0.15, 0.2) is 24.3 Å². The maximum Gasteiger partial charge on any atom is 0.227 e. The largest absolute Gasteiger partial charge is 0.326 e. The molecule has 20 heavy (non-hydrogen) atoms. The Morgan fingerprint density at radius 3 is 2.65 bits per heavy atom. The van der Waals surface area contributed by atoms with Crippen molar-refractivity contribution in [3.63, 3.8) is 0 Å². The molecule has 1 fully saturated rings. The van der Waals surface area contributed by atoms with Gasteiger partial charge in [-0.05, 0) is 58.1 Å². The summed E-state index contributed by atoms with van der Waals surface area (Å²) in [7, 11) is 4.10. The van der Waals surface area contributed by atoms with Crippen molar-refractivity contribution >= 4 is 11.6 Å². The molecule has 1 heterocycles. The van der Waals surface area contributed by atoms with Gasteiger partial charge in [0, 0.05) is 24.2 Å². The molecule has 1 aromatic carbocycles. The summed E-state index contributed by atoms with van der Waals surface area (Å²) in [6.07, 6.45) is 1.85. The first-order valence-corrected chi connectivity index (χ1v) is 7.32. The number of carbonyl (C=O) groups is 1. The Balaban J connectivity index is 1.90. The van der Waals surface area contributed by atoms with E-state index in [1.165, 1.54) is 5.56 Å². The average molecular weight is 275 g/mol. The lowest BCUT2D eigenvalue weighted by Crippen LogP contribution is -2.40. The number of rotatable bonds is 4. The highest BCUT2D eigenvalue weighted by molar-refractivity contribution is 5.92. The maximum atomic E-state index is 12.2. The van der Waals surface area contributed by atoms with E-state index in [0.29, 0.717) is 6.04 Å². The number of amides is 1. The molecule has 2 rings (SSSR count). The second-order valence-corrected chi connectivity index (χ2v) is 6.00. The lowest BCUT2D eigenvalue weighted by molar-refractivity contribution is -0.120. The summed E-state index contributed by atoms with van der Waals surface area (Å²) >= 11 is 0. The number of nitrogens with zero attached hydrogens (tertiary/aromatic N) is 1. The Labute approximate surface area is 121 Å². The highest BCUT2D eigenvalue weighted by atomic mass is 16.1. The Kier molecular flexibility index (Phi) is 5.15. The van der Waals surface area contributed by atoms with Crippen molar-refractivity contribution in [1.82, 2.24) is 10.2 Å². The highest BCUT2D eigenvalue weighted by Gasteiger charge is 2.24. The molecule has 0 bridgehead atoms. The van der Waals surface area contributed by atoms with Crippen molar-refractivity contribution in [3.8, 4) is 0 Å². The van der Waals surface area contributed by atoms with Crippen LogP contribution in [0.1, 0.15) is 25.3 Å². The quantitative estimate of drug-likeness (QED) is 0.884. The van der Waals surface area contributed by atoms with Crippen molar-refractivity contribution in [2.75, 3.05) is 26.0 Å². The zero-order valence-electron chi connectivity index (χ0n) is 12.6. The molecule has 110 valence electrons. The maximum absolute atomic E-state index is 12.2. The normalized spacial score (nSPS) is 22.8. The van der Waals surface area contributed by atoms with Gasteiger partial charge in [-0.15, -0.1) is 0 Å². The predicted molar refractivity (Wildman–Crippen MR) is 82.7 cm³/mol. The van der Waals surface area contributed by atoms with Crippen molar-refractivity contribution in [2.24, 2.45) is 5.92 Å². The van der Waals surface area contributed by atoms with Gasteiger partial charge < -0.3 is 15.5 Å². The molecule has 2 N–H and O–H groups in total. The fourth-order valence-electron chi connectivity index (χ4n) is 2.67. The molecular weight excluding hydrogens is 250 g/mol. The van der Waals surface area contributed by atoms with Crippen LogP contribution in [0.4, 0.5) is 5.69 Å². The van der Waals surface area contributed by atoms with E-state index < -0.39 is 0 Å². The molecule has 4 heteroatoms. The van der Waals surface area contributed by atoms with Crippen LogP contribution in [0.5, 0.6) is 0 Å². The summed E-state index contributed by atoms with van der Waals surface area (Å²) in [5, 5.41) is 6.40. The summed E-state index contributed by atoms with van der Waals surface area (Å²) in [6, 6.07) is 8.55. The zero-order chi connectivity index (χ0) is 14.5. The van der Waals surface area contributed by atoms with Gasteiger partial charge in [-0.25, -0.2) is 0 Å². The smallest absolute Gasteiger partial charge is 0.227 e. The Bertz CT molecular complexity index is 442. The van der Waals surface area contributed by atoms with E-state index in [-0.39, 0.29) is 11.8 Å². The zero-order valence-corrected chi connectivity index (χ0v) is 12.6. The monoisotopic (exact) mass is 275 g/mol. The van der Waals surface area contributed by atoms with Crippen LogP contribution in [-0.2, 0) is 11.3 Å². The van der Waals surface area contributed by atoms with Gasteiger partial charge in [0.1, 0.15) is 0 Å². The summed E-state index contributed by atoms with van der Waals surface area (Å²) < 4.78 is 0. The van der Waals surface area contributed by atoms with Gasteiger partial charge in [-0.1, -0.05) is 12.1 Å². The van der Waals surface area contributed by atoms with E-state index in [1.807, 2.05) is 26.2 Å². The summed E-state index contributed by atoms with van der Waals surface area (Å²) in [5.41, 5.74) is 2.15. The second-order valence-electron chi connectivity index (χ2n) is 6.00. The fraction of sp³-hybridized carbons (Fsp3) is 0.562. The first-order valence-electron chi connectivity index (χ1n) is 7.32. The predicted octanol–water partition coefficient (Wildman–Crippen LogP) is 2.07. The highest BCUT2D eigenvalue weighted by Crippen LogP contribution is 2.19. The fourth-order valence-corrected chi connectivity index (χ4v) is 2.67. The van der Waals surface area contributed by atoms with Crippen molar-refractivity contribution in [1.29, 1.82) is 0 Å². The van der Waals surface area contributed by atoms with Crippen LogP contribution in [0.3, 0.4) is 0 Å². The molecular formula is C16H25N3O. The molecule has 4 nitrogen and oxygen atoms in total. The minimum absolute atomic E-state index is 0.132. The van der Waals surface area contributed by atoms with Crippen LogP contribution in [0.25, 0.3) is 0 Å². The molecule has 0 saturated carbocycles. The van der Waals surface area contributed by atoms with Gasteiger partial charge in [0.2, 0.25) is 5.91 Å². The van der Waals surface area contributed by atoms with Crippen LogP contribution in [-0.4, -0.2) is 37.5 Å². The van der Waals surface area contributed by atoms with Gasteiger partial charge in [-0.3, -0.25) is 4.79 Å². The number of anilines is 1. The lowest BCUT2D eigenvalue weighted by atomic mass is 9.92. The SMILES string of the molecule is CC1CC(C(=O)Nc2ccc(CN(C)C)cc2)CCN1. The number of hydrogen-bond acceptors (Lipinski definition) is 3. The average Bonchev–Trinajstić information content (AvgIpc) is 2.40. The number of piperidine rings is 1. The summed E-state index contributed by atoms with van der Waals surface area (Å²) in [5.74, 6) is 0.284. The first-order chi connectivity index (χ1) is 9.54. The number of carbonyl (C=O) groups excluding carboxylic acids is 1. The Hall–Kier alpha value is -1.39. The van der Waals surface area contributed by atoms with Gasteiger partial charge in [0.25, 0.3) is 0 Å². The van der Waals surface area contributed by atoms with E-state index in [2.05, 4.69) is 34.6 Å². The van der Waals surface area contributed by atoms with Crippen LogP contribution >= 0.6 is 0 Å². The molecule has 1 aliphatic heterocycles. The van der Waals surface area contributed by atoms with Gasteiger partial charge in [0.05, 0.1) is 0 Å². The molecule has 1 aliphatic rings. The molecule has 0 aromatic heterocycles. The molecule has 2 atom stereocenters. The number of benzene rings is 1. The third-order valence-corrected chi connectivity index (χ3v) is 3.71. The first kappa shape index (κ1) is 15.0. The van der Waals surface area contributed by atoms with Crippen LogP contribution < -0.4 is 10.6 Å². The molecule has 0 spiro atoms. The van der Waals surface area contributed by atoms with Gasteiger partial charge in [0.15, 0.2) is 0 Å². The molecule has 0 aliphatic carbocycles. The number of hydrogen-bond donors (Lipinski definition) is 2. The van der Waals surface area contributed by atoms with Crippen molar-refractivity contribution < 1.29 is 4.79 Å². The number of nitrogens with one attached hydrogen (secondary N) is 2. The Morgan fingerprint density at radius 2 is 2.05 bits per heavy atom. The molecule has 2 unspecified atom stereocenters. The lowest BCUT2D eigenvalue weighted by Gasteiger charge is -2.27. The van der Waals surface area contributed by atoms with E-state index >= 15 is 0 Å². The summed E-state index contributed by atoms with van der Waals surface area (Å²) in [6.45, 7) is 3.98. The van der Waals surface area contributed by atoms with Crippen LogP contribution in [0, 0.1) is 5.92 Å². The second kappa shape index (κ2) is 6.86. The molecule has 1 amide bonds. The topological polar surface area (TPSA) is 44.4 Å². The van der Waals surface area contributed by atoms with E-state index in [4.69, 9.17) is 0 Å². The summed E-state index contributed by atoms with van der Waals surface area (Å²) in [4.78, 5) is 14.4. The van der Waals surface area contributed by atoms with E-state index in [1.54, 1.807) is 0 Å². The molecule has 1 saturated heterocycles. The van der Waals surface area contributed by atoms with Gasteiger partial charge >= 0.3 is 0 Å². The standard InChI is InChI=1S/C16H25N3O/c1-12-10-14(8-9-17-12)16(20)18-15-6-4-13(5-7-15)11-19(2)3/h4-7,12,14,17H,8-11H2,1-3H3,(H,18,20). The Morgan fingerprint density at radius 1 is 1.35 bits per heavy atom. The van der Waals surface area contributed by atoms with Crippen molar-refractivity contribution in [3.05, 3.63) is 29.8 Å².